The van der Waals surface area contributed by atoms with Crippen molar-refractivity contribution in [2.24, 2.45) is 0 Å². The zero-order chi connectivity index (χ0) is 11.4. The van der Waals surface area contributed by atoms with Gasteiger partial charge in [-0.1, -0.05) is 30.3 Å². The molecule has 2 nitrogen and oxygen atoms in total. The minimum absolute atomic E-state index is 0.457. The lowest BCUT2D eigenvalue weighted by Gasteiger charge is -2.06. The van der Waals surface area contributed by atoms with E-state index in [-0.39, 0.29) is 0 Å². The number of nitrogens with zero attached hydrogens (tertiary/aromatic N) is 1. The third kappa shape index (κ3) is 2.34. The number of ether oxygens (including phenoxy) is 1. The van der Waals surface area contributed by atoms with Crippen LogP contribution in [0.25, 0.3) is 11.3 Å². The lowest BCUT2D eigenvalue weighted by atomic mass is 10.1. The maximum Gasteiger partial charge on any atom is 0.213 e. The molecule has 1 aromatic carbocycles. The number of alkyl halides is 1. The van der Waals surface area contributed by atoms with Crippen LogP contribution >= 0.6 is 11.6 Å². The van der Waals surface area contributed by atoms with Crippen molar-refractivity contribution in [1.82, 2.24) is 4.98 Å². The second-order valence-corrected chi connectivity index (χ2v) is 3.67. The van der Waals surface area contributed by atoms with Crippen molar-refractivity contribution >= 4 is 11.6 Å². The van der Waals surface area contributed by atoms with E-state index >= 15 is 0 Å². The summed E-state index contributed by atoms with van der Waals surface area (Å²) < 4.78 is 5.15. The van der Waals surface area contributed by atoms with Crippen LogP contribution in [0, 0.1) is 0 Å². The molecule has 0 saturated carbocycles. The minimum Gasteiger partial charge on any atom is -0.481 e. The number of methoxy groups -OCH3 is 1. The van der Waals surface area contributed by atoms with Crippen molar-refractivity contribution in [1.29, 1.82) is 0 Å². The molecule has 2 rings (SSSR count). The Bertz CT molecular complexity index is 448. The van der Waals surface area contributed by atoms with Gasteiger partial charge in [0, 0.05) is 17.5 Å². The maximum atomic E-state index is 5.83. The van der Waals surface area contributed by atoms with E-state index in [1.807, 2.05) is 42.5 Å². The van der Waals surface area contributed by atoms with Gasteiger partial charge in [-0.25, -0.2) is 4.98 Å². The fourth-order valence-corrected chi connectivity index (χ4v) is 1.65. The van der Waals surface area contributed by atoms with Gasteiger partial charge in [-0.15, -0.1) is 11.6 Å². The van der Waals surface area contributed by atoms with Crippen LogP contribution in [0.1, 0.15) is 5.56 Å². The monoisotopic (exact) mass is 233 g/mol. The molecule has 3 heteroatoms. The smallest absolute Gasteiger partial charge is 0.213 e. The van der Waals surface area contributed by atoms with E-state index in [0.29, 0.717) is 11.8 Å². The lowest BCUT2D eigenvalue weighted by Crippen LogP contribution is -1.92. The zero-order valence-electron chi connectivity index (χ0n) is 8.98. The van der Waals surface area contributed by atoms with Gasteiger partial charge >= 0.3 is 0 Å². The van der Waals surface area contributed by atoms with Crippen LogP contribution in [-0.2, 0) is 5.88 Å². The third-order valence-corrected chi connectivity index (χ3v) is 2.60. The van der Waals surface area contributed by atoms with Gasteiger partial charge in [0.05, 0.1) is 12.8 Å². The molecule has 0 radical (unpaired) electrons. The van der Waals surface area contributed by atoms with Crippen molar-refractivity contribution in [3.05, 3.63) is 48.0 Å². The van der Waals surface area contributed by atoms with Gasteiger partial charge in [0.2, 0.25) is 5.88 Å². The van der Waals surface area contributed by atoms with Gasteiger partial charge in [-0.2, -0.15) is 0 Å². The molecule has 0 aliphatic rings. The number of hydrogen-bond donors (Lipinski definition) is 0. The quantitative estimate of drug-likeness (QED) is 0.757. The predicted octanol–water partition coefficient (Wildman–Crippen LogP) is 3.50. The Balaban J connectivity index is 2.48. The largest absolute Gasteiger partial charge is 0.481 e. The lowest BCUT2D eigenvalue weighted by molar-refractivity contribution is 0.398. The number of hydrogen-bond acceptors (Lipinski definition) is 2. The van der Waals surface area contributed by atoms with E-state index in [1.54, 1.807) is 7.11 Å². The second kappa shape index (κ2) is 4.99. The van der Waals surface area contributed by atoms with Crippen LogP contribution in [0.5, 0.6) is 5.88 Å². The normalized spacial score (nSPS) is 10.1. The summed E-state index contributed by atoms with van der Waals surface area (Å²) in [5.41, 5.74) is 2.95. The van der Waals surface area contributed by atoms with E-state index in [0.717, 1.165) is 16.8 Å². The summed E-state index contributed by atoms with van der Waals surface area (Å²) in [6.45, 7) is 0. The molecule has 1 heterocycles. The Hall–Kier alpha value is -1.54. The number of benzene rings is 1. The Kier molecular flexibility index (Phi) is 3.42. The molecule has 0 spiro atoms. The van der Waals surface area contributed by atoms with E-state index in [4.69, 9.17) is 16.3 Å². The standard InChI is InChI=1S/C13H12ClNO/c1-16-13-8-10(9-14)7-12(15-13)11-5-3-2-4-6-11/h2-8H,9H2,1H3. The summed E-state index contributed by atoms with van der Waals surface area (Å²) in [6.07, 6.45) is 0. The van der Waals surface area contributed by atoms with Crippen molar-refractivity contribution in [3.63, 3.8) is 0 Å². The summed E-state index contributed by atoms with van der Waals surface area (Å²) in [5.74, 6) is 1.05. The predicted molar refractivity (Wildman–Crippen MR) is 65.8 cm³/mol. The maximum absolute atomic E-state index is 5.83. The molecular weight excluding hydrogens is 222 g/mol. The van der Waals surface area contributed by atoms with Crippen molar-refractivity contribution in [2.45, 2.75) is 5.88 Å². The van der Waals surface area contributed by atoms with Crippen molar-refractivity contribution in [2.75, 3.05) is 7.11 Å². The summed E-state index contributed by atoms with van der Waals surface area (Å²) >= 11 is 5.83. The van der Waals surface area contributed by atoms with Gasteiger partial charge in [-0.3, -0.25) is 0 Å². The van der Waals surface area contributed by atoms with Gasteiger partial charge in [0.25, 0.3) is 0 Å². The average molecular weight is 234 g/mol. The molecular formula is C13H12ClNO. The molecule has 0 bridgehead atoms. The molecule has 2 aromatic rings. The van der Waals surface area contributed by atoms with Crippen LogP contribution in [0.2, 0.25) is 0 Å². The highest BCUT2D eigenvalue weighted by atomic mass is 35.5. The van der Waals surface area contributed by atoms with Crippen molar-refractivity contribution in [3.8, 4) is 17.1 Å². The molecule has 0 N–H and O–H groups in total. The van der Waals surface area contributed by atoms with Gasteiger partial charge in [-0.05, 0) is 11.6 Å². The van der Waals surface area contributed by atoms with Gasteiger partial charge in [0.15, 0.2) is 0 Å². The van der Waals surface area contributed by atoms with Gasteiger partial charge in [0.1, 0.15) is 0 Å². The molecule has 1 aromatic heterocycles. The highest BCUT2D eigenvalue weighted by Gasteiger charge is 2.04. The van der Waals surface area contributed by atoms with E-state index in [2.05, 4.69) is 4.98 Å². The summed E-state index contributed by atoms with van der Waals surface area (Å²) in [4.78, 5) is 4.39. The first-order valence-electron chi connectivity index (χ1n) is 5.00. The molecule has 82 valence electrons. The minimum atomic E-state index is 0.457. The van der Waals surface area contributed by atoms with Crippen LogP contribution in [-0.4, -0.2) is 12.1 Å². The SMILES string of the molecule is COc1cc(CCl)cc(-c2ccccc2)n1. The Morgan fingerprint density at radius 2 is 1.94 bits per heavy atom. The number of aromatic nitrogens is 1. The van der Waals surface area contributed by atoms with Gasteiger partial charge < -0.3 is 4.74 Å². The third-order valence-electron chi connectivity index (χ3n) is 2.29. The fraction of sp³-hybridized carbons (Fsp3) is 0.154. The first-order valence-corrected chi connectivity index (χ1v) is 5.53. The van der Waals surface area contributed by atoms with Crippen LogP contribution in [0.4, 0.5) is 0 Å². The molecule has 0 amide bonds. The van der Waals surface area contributed by atoms with E-state index in [9.17, 15) is 0 Å². The summed E-state index contributed by atoms with van der Waals surface area (Å²) in [7, 11) is 1.61. The first kappa shape index (κ1) is 11.0. The molecule has 0 fully saturated rings. The number of halogens is 1. The van der Waals surface area contributed by atoms with Crippen LogP contribution in [0.3, 0.4) is 0 Å². The average Bonchev–Trinajstić information content (AvgIpc) is 2.39. The topological polar surface area (TPSA) is 22.1 Å². The first-order chi connectivity index (χ1) is 7.83. The van der Waals surface area contributed by atoms with E-state index < -0.39 is 0 Å². The summed E-state index contributed by atoms with van der Waals surface area (Å²) in [6, 6.07) is 13.8. The van der Waals surface area contributed by atoms with Crippen LogP contribution < -0.4 is 4.74 Å². The molecule has 0 saturated heterocycles. The molecule has 0 atom stereocenters. The number of rotatable bonds is 3. The summed E-state index contributed by atoms with van der Waals surface area (Å²) in [5, 5.41) is 0. The van der Waals surface area contributed by atoms with Crippen molar-refractivity contribution < 1.29 is 4.74 Å². The molecule has 0 unspecified atom stereocenters. The second-order valence-electron chi connectivity index (χ2n) is 3.40. The molecule has 0 aliphatic heterocycles. The number of pyridine rings is 1. The Labute approximate surface area is 99.9 Å². The Morgan fingerprint density at radius 1 is 1.19 bits per heavy atom. The van der Waals surface area contributed by atoms with Crippen LogP contribution in [0.15, 0.2) is 42.5 Å². The molecule has 16 heavy (non-hydrogen) atoms. The van der Waals surface area contributed by atoms with E-state index in [1.165, 1.54) is 0 Å². The highest BCUT2D eigenvalue weighted by molar-refractivity contribution is 6.17. The zero-order valence-corrected chi connectivity index (χ0v) is 9.74. The molecule has 0 aliphatic carbocycles. The Morgan fingerprint density at radius 3 is 2.56 bits per heavy atom. The fourth-order valence-electron chi connectivity index (χ4n) is 1.50. The highest BCUT2D eigenvalue weighted by Crippen LogP contribution is 2.22.